The Kier molecular flexibility index (Phi) is 5.38. The van der Waals surface area contributed by atoms with Crippen molar-refractivity contribution in [3.63, 3.8) is 0 Å². The van der Waals surface area contributed by atoms with Gasteiger partial charge in [0.15, 0.2) is 0 Å². The summed E-state index contributed by atoms with van der Waals surface area (Å²) in [5.74, 6) is 2.40. The highest BCUT2D eigenvalue weighted by Gasteiger charge is 2.18. The largest absolute Gasteiger partial charge is 0.495 e. The number of anilines is 3. The molecule has 0 saturated carbocycles. The van der Waals surface area contributed by atoms with Crippen LogP contribution in [0.25, 0.3) is 0 Å². The SMILES string of the molecule is CCN1CCN(c2nc(C)cc(Nc3cc(C)ccc3OC)n2)CC1. The van der Waals surface area contributed by atoms with Gasteiger partial charge in [-0.15, -0.1) is 0 Å². The van der Waals surface area contributed by atoms with Gasteiger partial charge in [-0.05, 0) is 38.1 Å². The lowest BCUT2D eigenvalue weighted by atomic mass is 10.2. The van der Waals surface area contributed by atoms with Gasteiger partial charge in [0.25, 0.3) is 0 Å². The van der Waals surface area contributed by atoms with Crippen LogP contribution in [0, 0.1) is 13.8 Å². The van der Waals surface area contributed by atoms with Crippen molar-refractivity contribution >= 4 is 17.5 Å². The van der Waals surface area contributed by atoms with Gasteiger partial charge in [0, 0.05) is 37.9 Å². The summed E-state index contributed by atoms with van der Waals surface area (Å²) in [6, 6.07) is 8.04. The third-order valence-corrected chi connectivity index (χ3v) is 4.56. The molecule has 6 nitrogen and oxygen atoms in total. The first kappa shape index (κ1) is 17.5. The Morgan fingerprint density at radius 3 is 2.52 bits per heavy atom. The highest BCUT2D eigenvalue weighted by atomic mass is 16.5. The molecule has 1 aliphatic rings. The van der Waals surface area contributed by atoms with E-state index >= 15 is 0 Å². The van der Waals surface area contributed by atoms with Crippen molar-refractivity contribution < 1.29 is 4.74 Å². The predicted molar refractivity (Wildman–Crippen MR) is 102 cm³/mol. The van der Waals surface area contributed by atoms with E-state index in [1.54, 1.807) is 7.11 Å². The number of nitrogens with zero attached hydrogens (tertiary/aromatic N) is 4. The number of piperazine rings is 1. The lowest BCUT2D eigenvalue weighted by Crippen LogP contribution is -2.46. The number of hydrogen-bond donors (Lipinski definition) is 1. The molecule has 1 fully saturated rings. The number of ether oxygens (including phenoxy) is 1. The molecular weight excluding hydrogens is 314 g/mol. The zero-order valence-corrected chi connectivity index (χ0v) is 15.5. The molecule has 0 unspecified atom stereocenters. The number of rotatable bonds is 5. The summed E-state index contributed by atoms with van der Waals surface area (Å²) in [5.41, 5.74) is 3.05. The Hall–Kier alpha value is -2.34. The third kappa shape index (κ3) is 4.20. The van der Waals surface area contributed by atoms with Crippen molar-refractivity contribution in [3.05, 3.63) is 35.5 Å². The van der Waals surface area contributed by atoms with Crippen LogP contribution >= 0.6 is 0 Å². The van der Waals surface area contributed by atoms with E-state index in [0.29, 0.717) is 0 Å². The van der Waals surface area contributed by atoms with Crippen LogP contribution < -0.4 is 15.0 Å². The molecule has 6 heteroatoms. The Bertz CT molecular complexity index is 726. The van der Waals surface area contributed by atoms with Crippen molar-refractivity contribution in [2.24, 2.45) is 0 Å². The van der Waals surface area contributed by atoms with Crippen molar-refractivity contribution in [2.75, 3.05) is 50.1 Å². The van der Waals surface area contributed by atoms with Crippen molar-refractivity contribution in [1.82, 2.24) is 14.9 Å². The zero-order chi connectivity index (χ0) is 17.8. The third-order valence-electron chi connectivity index (χ3n) is 4.56. The molecule has 0 spiro atoms. The minimum atomic E-state index is 0.796. The molecule has 134 valence electrons. The standard InChI is InChI=1S/C19H27N5O/c1-5-23-8-10-24(11-9-23)19-20-15(3)13-18(22-19)21-16-12-14(2)6-7-17(16)25-4/h6-7,12-13H,5,8-11H2,1-4H3,(H,20,21,22). The van der Waals surface area contributed by atoms with Gasteiger partial charge in [-0.25, -0.2) is 4.98 Å². The molecule has 1 saturated heterocycles. The van der Waals surface area contributed by atoms with Gasteiger partial charge < -0.3 is 19.9 Å². The molecule has 0 amide bonds. The summed E-state index contributed by atoms with van der Waals surface area (Å²) < 4.78 is 5.45. The number of methoxy groups -OCH3 is 1. The van der Waals surface area contributed by atoms with E-state index in [2.05, 4.69) is 40.0 Å². The van der Waals surface area contributed by atoms with E-state index in [1.807, 2.05) is 25.1 Å². The van der Waals surface area contributed by atoms with Gasteiger partial charge in [-0.1, -0.05) is 13.0 Å². The molecule has 0 bridgehead atoms. The summed E-state index contributed by atoms with van der Waals surface area (Å²) >= 11 is 0. The maximum Gasteiger partial charge on any atom is 0.227 e. The first-order valence-corrected chi connectivity index (χ1v) is 8.83. The average molecular weight is 341 g/mol. The molecule has 2 heterocycles. The Balaban J connectivity index is 1.82. The summed E-state index contributed by atoms with van der Waals surface area (Å²) in [7, 11) is 1.68. The van der Waals surface area contributed by atoms with Gasteiger partial charge in [-0.3, -0.25) is 0 Å². The summed E-state index contributed by atoms with van der Waals surface area (Å²) in [6.45, 7) is 11.4. The van der Waals surface area contributed by atoms with Crippen molar-refractivity contribution in [1.29, 1.82) is 0 Å². The molecule has 25 heavy (non-hydrogen) atoms. The molecule has 2 aromatic rings. The second-order valence-electron chi connectivity index (χ2n) is 6.44. The van der Waals surface area contributed by atoms with E-state index in [0.717, 1.165) is 61.6 Å². The summed E-state index contributed by atoms with van der Waals surface area (Å²) in [4.78, 5) is 14.1. The number of aryl methyl sites for hydroxylation is 2. The van der Waals surface area contributed by atoms with Crippen LogP contribution in [-0.4, -0.2) is 54.7 Å². The average Bonchev–Trinajstić information content (AvgIpc) is 2.61. The van der Waals surface area contributed by atoms with Gasteiger partial charge in [-0.2, -0.15) is 4.98 Å². The molecular formula is C19H27N5O. The van der Waals surface area contributed by atoms with Crippen LogP contribution in [0.1, 0.15) is 18.2 Å². The highest BCUT2D eigenvalue weighted by molar-refractivity contribution is 5.66. The molecule has 1 aromatic heterocycles. The van der Waals surface area contributed by atoms with Gasteiger partial charge in [0.05, 0.1) is 12.8 Å². The molecule has 0 aliphatic carbocycles. The summed E-state index contributed by atoms with van der Waals surface area (Å²) in [5, 5.41) is 3.39. The van der Waals surface area contributed by atoms with E-state index in [-0.39, 0.29) is 0 Å². The first-order chi connectivity index (χ1) is 12.1. The fourth-order valence-corrected chi connectivity index (χ4v) is 3.08. The van der Waals surface area contributed by atoms with E-state index < -0.39 is 0 Å². The maximum atomic E-state index is 5.45. The Morgan fingerprint density at radius 1 is 1.08 bits per heavy atom. The molecule has 3 rings (SSSR count). The first-order valence-electron chi connectivity index (χ1n) is 8.83. The normalized spacial score (nSPS) is 15.3. The van der Waals surface area contributed by atoms with Crippen LogP contribution in [0.15, 0.2) is 24.3 Å². The minimum Gasteiger partial charge on any atom is -0.495 e. The highest BCUT2D eigenvalue weighted by Crippen LogP contribution is 2.28. The number of likely N-dealkylation sites (N-methyl/N-ethyl adjacent to an activating group) is 1. The number of benzene rings is 1. The van der Waals surface area contributed by atoms with E-state index in [4.69, 9.17) is 9.72 Å². The molecule has 0 radical (unpaired) electrons. The van der Waals surface area contributed by atoms with E-state index in [1.165, 1.54) is 5.56 Å². The molecule has 1 N–H and O–H groups in total. The maximum absolute atomic E-state index is 5.45. The molecule has 1 aromatic carbocycles. The quantitative estimate of drug-likeness (QED) is 0.902. The van der Waals surface area contributed by atoms with Crippen LogP contribution in [0.3, 0.4) is 0 Å². The second-order valence-corrected chi connectivity index (χ2v) is 6.44. The predicted octanol–water partition coefficient (Wildman–Crippen LogP) is 2.99. The van der Waals surface area contributed by atoms with Crippen LogP contribution in [0.4, 0.5) is 17.5 Å². The van der Waals surface area contributed by atoms with Gasteiger partial charge >= 0.3 is 0 Å². The Labute approximate surface area is 149 Å². The molecule has 0 atom stereocenters. The number of aromatic nitrogens is 2. The van der Waals surface area contributed by atoms with Gasteiger partial charge in [0.2, 0.25) is 5.95 Å². The zero-order valence-electron chi connectivity index (χ0n) is 15.5. The number of nitrogens with one attached hydrogen (secondary N) is 1. The minimum absolute atomic E-state index is 0.796. The van der Waals surface area contributed by atoms with Crippen LogP contribution in [0.5, 0.6) is 5.75 Å². The van der Waals surface area contributed by atoms with Crippen molar-refractivity contribution in [2.45, 2.75) is 20.8 Å². The van der Waals surface area contributed by atoms with Crippen molar-refractivity contribution in [3.8, 4) is 5.75 Å². The fraction of sp³-hybridized carbons (Fsp3) is 0.474. The van der Waals surface area contributed by atoms with E-state index in [9.17, 15) is 0 Å². The number of hydrogen-bond acceptors (Lipinski definition) is 6. The van der Waals surface area contributed by atoms with Gasteiger partial charge in [0.1, 0.15) is 11.6 Å². The monoisotopic (exact) mass is 341 g/mol. The summed E-state index contributed by atoms with van der Waals surface area (Å²) in [6.07, 6.45) is 0. The smallest absolute Gasteiger partial charge is 0.227 e. The fourth-order valence-electron chi connectivity index (χ4n) is 3.08. The van der Waals surface area contributed by atoms with Crippen LogP contribution in [0.2, 0.25) is 0 Å². The Morgan fingerprint density at radius 2 is 1.84 bits per heavy atom. The lowest BCUT2D eigenvalue weighted by Gasteiger charge is -2.34. The topological polar surface area (TPSA) is 53.5 Å². The second kappa shape index (κ2) is 7.70. The lowest BCUT2D eigenvalue weighted by molar-refractivity contribution is 0.270. The molecule has 1 aliphatic heterocycles. The van der Waals surface area contributed by atoms with Crippen LogP contribution in [-0.2, 0) is 0 Å².